The first kappa shape index (κ1) is 15.5. The van der Waals surface area contributed by atoms with Crippen molar-refractivity contribution in [3.63, 3.8) is 0 Å². The van der Waals surface area contributed by atoms with Gasteiger partial charge >= 0.3 is 0 Å². The summed E-state index contributed by atoms with van der Waals surface area (Å²) in [5, 5.41) is 11.3. The van der Waals surface area contributed by atoms with E-state index in [-0.39, 0.29) is 0 Å². The smallest absolute Gasteiger partial charge is 0.223 e. The number of anilines is 3. The van der Waals surface area contributed by atoms with Crippen molar-refractivity contribution in [1.29, 1.82) is 0 Å². The fourth-order valence-corrected chi connectivity index (χ4v) is 2.87. The molecule has 0 spiro atoms. The topological polar surface area (TPSA) is 97.8 Å². The van der Waals surface area contributed by atoms with Gasteiger partial charge in [-0.15, -0.1) is 5.10 Å². The molecular formula is C15H24N8. The zero-order valence-corrected chi connectivity index (χ0v) is 13.5. The van der Waals surface area contributed by atoms with Crippen LogP contribution in [0.3, 0.4) is 0 Å². The average molecular weight is 316 g/mol. The van der Waals surface area contributed by atoms with Crippen LogP contribution in [0.2, 0.25) is 0 Å². The maximum absolute atomic E-state index is 5.86. The van der Waals surface area contributed by atoms with E-state index in [1.807, 2.05) is 16.9 Å². The molecule has 3 heterocycles. The number of rotatable bonds is 6. The van der Waals surface area contributed by atoms with Crippen LogP contribution in [0.4, 0.5) is 17.6 Å². The lowest BCUT2D eigenvalue weighted by molar-refractivity contribution is 0.359. The largest absolute Gasteiger partial charge is 0.370 e. The van der Waals surface area contributed by atoms with Gasteiger partial charge in [0.15, 0.2) is 0 Å². The Morgan fingerprint density at radius 2 is 2.13 bits per heavy atom. The molecule has 2 aromatic heterocycles. The maximum atomic E-state index is 5.86. The molecule has 8 heteroatoms. The van der Waals surface area contributed by atoms with Gasteiger partial charge in [0.1, 0.15) is 11.6 Å². The van der Waals surface area contributed by atoms with Crippen LogP contribution in [0.25, 0.3) is 0 Å². The molecule has 8 nitrogen and oxygen atoms in total. The molecule has 1 fully saturated rings. The highest BCUT2D eigenvalue weighted by atomic mass is 15.4. The molecule has 0 aliphatic carbocycles. The van der Waals surface area contributed by atoms with E-state index >= 15 is 0 Å². The minimum Gasteiger partial charge on any atom is -0.370 e. The molecule has 0 aromatic carbocycles. The second-order valence-electron chi connectivity index (χ2n) is 5.85. The summed E-state index contributed by atoms with van der Waals surface area (Å²) in [7, 11) is 0. The Hall–Kier alpha value is -2.38. The minimum atomic E-state index is 0.319. The molecule has 3 N–H and O–H groups in total. The molecule has 1 aliphatic heterocycles. The molecule has 0 radical (unpaired) electrons. The lowest BCUT2D eigenvalue weighted by Gasteiger charge is -2.32. The highest BCUT2D eigenvalue weighted by molar-refractivity contribution is 5.52. The van der Waals surface area contributed by atoms with Gasteiger partial charge in [-0.05, 0) is 19.3 Å². The van der Waals surface area contributed by atoms with Crippen LogP contribution < -0.4 is 16.0 Å². The normalized spacial score (nSPS) is 15.8. The highest BCUT2D eigenvalue weighted by Crippen LogP contribution is 2.26. The summed E-state index contributed by atoms with van der Waals surface area (Å²) in [4.78, 5) is 10.9. The maximum Gasteiger partial charge on any atom is 0.223 e. The van der Waals surface area contributed by atoms with Gasteiger partial charge in [-0.25, -0.2) is 4.68 Å². The van der Waals surface area contributed by atoms with E-state index in [9.17, 15) is 0 Å². The molecule has 2 aromatic rings. The standard InChI is InChI=1S/C15H24N8/c1-2-3-6-17-13-11-14(20-15(16)19-13)22-8-4-12(5-9-22)23-10-7-18-21-23/h7,10-12H,2-6,8-9H2,1H3,(H3,16,17,19,20). The number of nitrogens with one attached hydrogen (secondary N) is 1. The predicted molar refractivity (Wildman–Crippen MR) is 90.3 cm³/mol. The lowest BCUT2D eigenvalue weighted by atomic mass is 10.1. The summed E-state index contributed by atoms with van der Waals surface area (Å²) in [6.45, 7) is 4.92. The molecule has 0 amide bonds. The Balaban J connectivity index is 1.63. The van der Waals surface area contributed by atoms with Gasteiger partial charge in [-0.3, -0.25) is 0 Å². The van der Waals surface area contributed by atoms with Gasteiger partial charge < -0.3 is 16.0 Å². The van der Waals surface area contributed by atoms with E-state index in [1.165, 1.54) is 0 Å². The molecule has 0 atom stereocenters. The molecule has 1 aliphatic rings. The second-order valence-corrected chi connectivity index (χ2v) is 5.85. The Labute approximate surface area is 136 Å². The Morgan fingerprint density at radius 3 is 2.83 bits per heavy atom. The monoisotopic (exact) mass is 316 g/mol. The summed E-state index contributed by atoms with van der Waals surface area (Å²) in [5.41, 5.74) is 5.86. The minimum absolute atomic E-state index is 0.319. The summed E-state index contributed by atoms with van der Waals surface area (Å²) in [6.07, 6.45) is 7.96. The van der Waals surface area contributed by atoms with E-state index in [4.69, 9.17) is 5.73 Å². The van der Waals surface area contributed by atoms with Crippen molar-refractivity contribution >= 4 is 17.6 Å². The molecule has 0 bridgehead atoms. The van der Waals surface area contributed by atoms with Crippen LogP contribution in [0.5, 0.6) is 0 Å². The molecule has 1 saturated heterocycles. The zero-order valence-electron chi connectivity index (χ0n) is 13.5. The number of piperidine rings is 1. The third kappa shape index (κ3) is 3.88. The number of hydrogen-bond donors (Lipinski definition) is 2. The van der Waals surface area contributed by atoms with Crippen molar-refractivity contribution in [2.75, 3.05) is 35.6 Å². The summed E-state index contributed by atoms with van der Waals surface area (Å²) in [5.74, 6) is 2.02. The number of unbranched alkanes of at least 4 members (excludes halogenated alkanes) is 1. The fraction of sp³-hybridized carbons (Fsp3) is 0.600. The van der Waals surface area contributed by atoms with Crippen molar-refractivity contribution in [1.82, 2.24) is 25.0 Å². The fourth-order valence-electron chi connectivity index (χ4n) is 2.87. The van der Waals surface area contributed by atoms with Gasteiger partial charge in [0.25, 0.3) is 0 Å². The summed E-state index contributed by atoms with van der Waals surface area (Å²) >= 11 is 0. The molecule has 3 rings (SSSR count). The van der Waals surface area contributed by atoms with Gasteiger partial charge in [0.05, 0.1) is 12.2 Å². The van der Waals surface area contributed by atoms with Crippen LogP contribution in [0.1, 0.15) is 38.6 Å². The van der Waals surface area contributed by atoms with Gasteiger partial charge in [-0.1, -0.05) is 18.6 Å². The second kappa shape index (κ2) is 7.26. The van der Waals surface area contributed by atoms with E-state index < -0.39 is 0 Å². The van der Waals surface area contributed by atoms with E-state index in [0.717, 1.165) is 57.0 Å². The van der Waals surface area contributed by atoms with Crippen molar-refractivity contribution in [3.05, 3.63) is 18.5 Å². The first-order chi connectivity index (χ1) is 11.3. The van der Waals surface area contributed by atoms with E-state index in [0.29, 0.717) is 12.0 Å². The van der Waals surface area contributed by atoms with Crippen molar-refractivity contribution < 1.29 is 0 Å². The molecule has 23 heavy (non-hydrogen) atoms. The van der Waals surface area contributed by atoms with Crippen LogP contribution in [-0.4, -0.2) is 44.6 Å². The quantitative estimate of drug-likeness (QED) is 0.783. The van der Waals surface area contributed by atoms with Crippen molar-refractivity contribution in [3.8, 4) is 0 Å². The molecular weight excluding hydrogens is 292 g/mol. The van der Waals surface area contributed by atoms with Crippen molar-refractivity contribution in [2.45, 2.75) is 38.6 Å². The lowest BCUT2D eigenvalue weighted by Crippen LogP contribution is -2.35. The third-order valence-electron chi connectivity index (χ3n) is 4.17. The number of hydrogen-bond acceptors (Lipinski definition) is 7. The summed E-state index contributed by atoms with van der Waals surface area (Å²) in [6, 6.07) is 2.40. The zero-order chi connectivity index (χ0) is 16.1. The SMILES string of the molecule is CCCCNc1cc(N2CCC(n3ccnn3)CC2)nc(N)n1. The van der Waals surface area contributed by atoms with Crippen LogP contribution in [0.15, 0.2) is 18.5 Å². The van der Waals surface area contributed by atoms with Crippen molar-refractivity contribution in [2.24, 2.45) is 0 Å². The first-order valence-corrected chi connectivity index (χ1v) is 8.25. The van der Waals surface area contributed by atoms with E-state index in [1.54, 1.807) is 6.20 Å². The van der Waals surface area contributed by atoms with Gasteiger partial charge in [0, 0.05) is 31.9 Å². The average Bonchev–Trinajstić information content (AvgIpc) is 3.09. The van der Waals surface area contributed by atoms with Crippen LogP contribution in [0, 0.1) is 0 Å². The highest BCUT2D eigenvalue weighted by Gasteiger charge is 2.22. The number of nitrogen functional groups attached to an aromatic ring is 1. The van der Waals surface area contributed by atoms with Gasteiger partial charge in [-0.2, -0.15) is 9.97 Å². The van der Waals surface area contributed by atoms with Crippen LogP contribution in [-0.2, 0) is 0 Å². The van der Waals surface area contributed by atoms with E-state index in [2.05, 4.69) is 37.4 Å². The first-order valence-electron chi connectivity index (χ1n) is 8.25. The Kier molecular flexibility index (Phi) is 4.89. The molecule has 0 unspecified atom stereocenters. The summed E-state index contributed by atoms with van der Waals surface area (Å²) < 4.78 is 1.95. The number of aromatic nitrogens is 5. The Bertz CT molecular complexity index is 604. The molecule has 124 valence electrons. The molecule has 0 saturated carbocycles. The number of nitrogens with zero attached hydrogens (tertiary/aromatic N) is 6. The Morgan fingerprint density at radius 1 is 1.30 bits per heavy atom. The van der Waals surface area contributed by atoms with Gasteiger partial charge in [0.2, 0.25) is 5.95 Å². The predicted octanol–water partition coefficient (Wildman–Crippen LogP) is 1.70. The third-order valence-corrected chi connectivity index (χ3v) is 4.17. The van der Waals surface area contributed by atoms with Crippen LogP contribution >= 0.6 is 0 Å². The number of nitrogens with two attached hydrogens (primary N) is 1.